The number of carbonyl (C=O) groups is 1. The molecule has 0 bridgehead atoms. The summed E-state index contributed by atoms with van der Waals surface area (Å²) in [6.07, 6.45) is 4.81. The van der Waals surface area contributed by atoms with Gasteiger partial charge in [-0.3, -0.25) is 0 Å². The van der Waals surface area contributed by atoms with Crippen molar-refractivity contribution in [2.75, 3.05) is 0 Å². The van der Waals surface area contributed by atoms with E-state index < -0.39 is 5.97 Å². The van der Waals surface area contributed by atoms with Crippen molar-refractivity contribution >= 4 is 33.9 Å². The van der Waals surface area contributed by atoms with Gasteiger partial charge in [-0.15, -0.1) is 0 Å². The Morgan fingerprint density at radius 3 is 2.30 bits per heavy atom. The van der Waals surface area contributed by atoms with E-state index in [0.717, 1.165) is 12.8 Å². The van der Waals surface area contributed by atoms with Crippen LogP contribution in [0.25, 0.3) is 0 Å². The minimum atomic E-state index is -0.661. The van der Waals surface area contributed by atoms with Gasteiger partial charge in [0.25, 0.3) is 0 Å². The molecule has 1 N–H and O–H groups in total. The zero-order valence-corrected chi connectivity index (χ0v) is 8.60. The van der Waals surface area contributed by atoms with E-state index in [2.05, 4.69) is 0 Å². The molecule has 0 spiro atoms. The predicted octanol–water partition coefficient (Wildman–Crippen LogP) is 1.61. The van der Waals surface area contributed by atoms with Gasteiger partial charge in [0.1, 0.15) is 0 Å². The number of unbranched alkanes of at least 4 members (excludes halogenated alkanes) is 3. The molecule has 0 aliphatic heterocycles. The summed E-state index contributed by atoms with van der Waals surface area (Å²) in [5.41, 5.74) is 0. The van der Waals surface area contributed by atoms with Crippen LogP contribution in [-0.4, -0.2) is 39.0 Å². The molecule has 0 aromatic heterocycles. The number of rotatable bonds is 6. The topological polar surface area (TPSA) is 37.3 Å². The number of aliphatic carboxylic acids is 1. The molecule has 0 unspecified atom stereocenters. The molecule has 0 rings (SSSR count). The molecule has 10 heavy (non-hydrogen) atoms. The van der Waals surface area contributed by atoms with Crippen LogP contribution in [0.3, 0.4) is 0 Å². The van der Waals surface area contributed by atoms with Crippen molar-refractivity contribution < 1.29 is 9.90 Å². The maximum absolute atomic E-state index is 10.0. The maximum atomic E-state index is 10.0. The van der Waals surface area contributed by atoms with E-state index in [1.165, 1.54) is 44.4 Å². The van der Waals surface area contributed by atoms with Crippen LogP contribution in [0.4, 0.5) is 0 Å². The average molecular weight is 152 g/mol. The Morgan fingerprint density at radius 2 is 1.80 bits per heavy atom. The zero-order chi connectivity index (χ0) is 7.82. The van der Waals surface area contributed by atoms with E-state index in [0.29, 0.717) is 6.42 Å². The molecule has 0 aromatic carbocycles. The van der Waals surface area contributed by atoms with Crippen molar-refractivity contribution in [2.24, 2.45) is 0 Å². The SMILES string of the molecule is O=C(O)CCCCC[CH2][Na]. The Hall–Kier alpha value is 0.470. The molecule has 2 nitrogen and oxygen atoms in total. The monoisotopic (exact) mass is 152 g/mol. The normalized spacial score (nSPS) is 9.80. The van der Waals surface area contributed by atoms with Gasteiger partial charge in [-0.2, -0.15) is 0 Å². The fourth-order valence-electron chi connectivity index (χ4n) is 0.880. The molecule has 54 valence electrons. The second-order valence-corrected chi connectivity index (χ2v) is 3.56. The molecular weight excluding hydrogens is 139 g/mol. The van der Waals surface area contributed by atoms with Crippen molar-refractivity contribution in [3.05, 3.63) is 0 Å². The third-order valence-corrected chi connectivity index (χ3v) is 2.20. The Bertz CT molecular complexity index is 93.6. The van der Waals surface area contributed by atoms with Crippen molar-refractivity contribution in [3.8, 4) is 0 Å². The first kappa shape index (κ1) is 10.5. The van der Waals surface area contributed by atoms with Crippen molar-refractivity contribution in [1.29, 1.82) is 0 Å². The quantitative estimate of drug-likeness (QED) is 0.463. The molecule has 0 heterocycles. The molecule has 0 amide bonds. The Balaban J connectivity index is 2.84. The van der Waals surface area contributed by atoms with Crippen LogP contribution >= 0.6 is 0 Å². The fraction of sp³-hybridized carbons (Fsp3) is 0.857. The molecule has 0 aliphatic rings. The van der Waals surface area contributed by atoms with E-state index in [1.807, 2.05) is 0 Å². The third-order valence-electron chi connectivity index (χ3n) is 1.49. The van der Waals surface area contributed by atoms with E-state index in [1.54, 1.807) is 0 Å². The van der Waals surface area contributed by atoms with Gasteiger partial charge in [0.15, 0.2) is 0 Å². The standard InChI is InChI=1S/C7H13O2.Na/c1-2-3-4-5-6-7(8)9;/h1-6H2,(H,8,9);. The van der Waals surface area contributed by atoms with Gasteiger partial charge in [0, 0.05) is 0 Å². The van der Waals surface area contributed by atoms with E-state index in [-0.39, 0.29) is 0 Å². The fourth-order valence-corrected chi connectivity index (χ4v) is 1.38. The molecule has 0 aliphatic carbocycles. The summed E-state index contributed by atoms with van der Waals surface area (Å²) < 4.78 is 1.35. The molecule has 0 saturated carbocycles. The predicted molar refractivity (Wildman–Crippen MR) is 41.3 cm³/mol. The summed E-state index contributed by atoms with van der Waals surface area (Å²) in [7, 11) is 0. The Kier molecular flexibility index (Phi) is 7.93. The summed E-state index contributed by atoms with van der Waals surface area (Å²) in [5.74, 6) is -0.661. The molecule has 0 aromatic rings. The first-order valence-electron chi connectivity index (χ1n) is 3.99. The average Bonchev–Trinajstić information content (AvgIpc) is 1.87. The van der Waals surface area contributed by atoms with E-state index in [9.17, 15) is 4.79 Å². The van der Waals surface area contributed by atoms with Gasteiger partial charge >= 0.3 is 79.6 Å². The molecule has 0 radical (unpaired) electrons. The molecule has 3 heteroatoms. The zero-order valence-electron chi connectivity index (χ0n) is 6.60. The number of carboxylic acids is 1. The van der Waals surface area contributed by atoms with Crippen molar-refractivity contribution in [3.63, 3.8) is 0 Å². The first-order chi connectivity index (χ1) is 4.77. The summed E-state index contributed by atoms with van der Waals surface area (Å²) in [5, 5.41) is 8.28. The van der Waals surface area contributed by atoms with Crippen LogP contribution < -0.4 is 0 Å². The summed E-state index contributed by atoms with van der Waals surface area (Å²) in [4.78, 5) is 10.0. The Labute approximate surface area is 79.4 Å². The van der Waals surface area contributed by atoms with Crippen LogP contribution in [0.2, 0.25) is 3.67 Å². The number of hydrogen-bond donors (Lipinski definition) is 1. The summed E-state index contributed by atoms with van der Waals surface area (Å²) in [6, 6.07) is 0. The van der Waals surface area contributed by atoms with Gasteiger partial charge in [-0.1, -0.05) is 0 Å². The second kappa shape index (κ2) is 7.58. The van der Waals surface area contributed by atoms with Crippen LogP contribution in [0.1, 0.15) is 32.1 Å². The molecule has 0 saturated heterocycles. The van der Waals surface area contributed by atoms with Gasteiger partial charge < -0.3 is 0 Å². The van der Waals surface area contributed by atoms with Crippen molar-refractivity contribution in [2.45, 2.75) is 35.8 Å². The van der Waals surface area contributed by atoms with Crippen molar-refractivity contribution in [1.82, 2.24) is 0 Å². The molecule has 0 fully saturated rings. The first-order valence-corrected chi connectivity index (χ1v) is 5.40. The minimum absolute atomic E-state index is 0.348. The molecular formula is C7H13NaO2. The third kappa shape index (κ3) is 8.47. The summed E-state index contributed by atoms with van der Waals surface area (Å²) >= 11 is 1.29. The molecule has 0 atom stereocenters. The van der Waals surface area contributed by atoms with E-state index >= 15 is 0 Å². The van der Waals surface area contributed by atoms with Gasteiger partial charge in [-0.25, -0.2) is 0 Å². The number of hydrogen-bond acceptors (Lipinski definition) is 1. The van der Waals surface area contributed by atoms with Crippen LogP contribution in [0, 0.1) is 0 Å². The number of carboxylic acid groups (broad SMARTS) is 1. The van der Waals surface area contributed by atoms with Crippen LogP contribution in [0.15, 0.2) is 0 Å². The van der Waals surface area contributed by atoms with Crippen LogP contribution in [-0.2, 0) is 4.79 Å². The summed E-state index contributed by atoms with van der Waals surface area (Å²) in [6.45, 7) is 0. The Morgan fingerprint density at radius 1 is 1.20 bits per heavy atom. The van der Waals surface area contributed by atoms with Gasteiger partial charge in [0.2, 0.25) is 0 Å². The van der Waals surface area contributed by atoms with Gasteiger partial charge in [-0.05, 0) is 0 Å². The van der Waals surface area contributed by atoms with E-state index in [4.69, 9.17) is 5.11 Å². The van der Waals surface area contributed by atoms with Gasteiger partial charge in [0.05, 0.1) is 0 Å². The second-order valence-electron chi connectivity index (χ2n) is 2.56. The van der Waals surface area contributed by atoms with Crippen LogP contribution in [0.5, 0.6) is 0 Å².